The number of carbonyl (C=O) groups is 2. The van der Waals surface area contributed by atoms with E-state index >= 15 is 0 Å². The third-order valence-corrected chi connectivity index (χ3v) is 2.21. The minimum absolute atomic E-state index is 0.147. The number of esters is 1. The summed E-state index contributed by atoms with van der Waals surface area (Å²) in [4.78, 5) is 24.3. The molecule has 122 valence electrons. The minimum atomic E-state index is -5.08. The standard InChI is InChI=1S/C10H11NO4.C2HF3O2/c1-10(2)14-8-6(13-3)4-5-11-7(8)9(12)15-10;3-2(4,5)1(6)7/h4-5H,1-3H3;(H,6,7). The lowest BCUT2D eigenvalue weighted by Crippen LogP contribution is -2.39. The van der Waals surface area contributed by atoms with Crippen molar-refractivity contribution < 1.29 is 42.1 Å². The van der Waals surface area contributed by atoms with E-state index in [1.165, 1.54) is 13.3 Å². The van der Waals surface area contributed by atoms with Crippen LogP contribution in [0.3, 0.4) is 0 Å². The van der Waals surface area contributed by atoms with Crippen molar-refractivity contribution >= 4 is 11.9 Å². The number of carboxylic acid groups (broad SMARTS) is 1. The second-order valence-electron chi connectivity index (χ2n) is 4.39. The van der Waals surface area contributed by atoms with Gasteiger partial charge in [0.1, 0.15) is 0 Å². The lowest BCUT2D eigenvalue weighted by molar-refractivity contribution is -0.192. The number of halogens is 3. The minimum Gasteiger partial charge on any atom is -0.493 e. The Morgan fingerprint density at radius 1 is 1.36 bits per heavy atom. The summed E-state index contributed by atoms with van der Waals surface area (Å²) in [6.07, 6.45) is -3.61. The number of pyridine rings is 1. The lowest BCUT2D eigenvalue weighted by atomic mass is 10.2. The summed E-state index contributed by atoms with van der Waals surface area (Å²) in [6.45, 7) is 3.31. The Kier molecular flexibility index (Phi) is 4.84. The number of hydrogen-bond donors (Lipinski definition) is 1. The van der Waals surface area contributed by atoms with Crippen molar-refractivity contribution in [2.75, 3.05) is 7.11 Å². The van der Waals surface area contributed by atoms with E-state index in [1.54, 1.807) is 19.9 Å². The van der Waals surface area contributed by atoms with Crippen molar-refractivity contribution in [2.45, 2.75) is 25.8 Å². The number of nitrogens with zero attached hydrogens (tertiary/aromatic N) is 1. The number of cyclic esters (lactones) is 1. The average Bonchev–Trinajstić information content (AvgIpc) is 2.36. The second kappa shape index (κ2) is 6.08. The largest absolute Gasteiger partial charge is 0.493 e. The maximum Gasteiger partial charge on any atom is 0.490 e. The normalized spacial score (nSPS) is 15.5. The molecule has 1 aliphatic heterocycles. The summed E-state index contributed by atoms with van der Waals surface area (Å²) in [7, 11) is 1.51. The van der Waals surface area contributed by atoms with Gasteiger partial charge in [-0.3, -0.25) is 0 Å². The van der Waals surface area contributed by atoms with Gasteiger partial charge >= 0.3 is 18.1 Å². The first kappa shape index (κ1) is 17.5. The number of aliphatic carboxylic acids is 1. The van der Waals surface area contributed by atoms with Gasteiger partial charge in [0.15, 0.2) is 17.2 Å². The van der Waals surface area contributed by atoms with Crippen LogP contribution in [-0.4, -0.2) is 41.1 Å². The Bertz CT molecular complexity index is 585. The molecule has 22 heavy (non-hydrogen) atoms. The summed E-state index contributed by atoms with van der Waals surface area (Å²) < 4.78 is 47.3. The molecule has 0 aromatic carbocycles. The van der Waals surface area contributed by atoms with Gasteiger partial charge in [-0.05, 0) is 0 Å². The maximum atomic E-state index is 11.5. The molecule has 1 aromatic rings. The van der Waals surface area contributed by atoms with E-state index in [-0.39, 0.29) is 5.69 Å². The number of rotatable bonds is 1. The van der Waals surface area contributed by atoms with Crippen LogP contribution in [0.1, 0.15) is 24.3 Å². The summed E-state index contributed by atoms with van der Waals surface area (Å²) in [5, 5.41) is 7.12. The molecule has 0 amide bonds. The Balaban J connectivity index is 0.000000295. The number of aromatic nitrogens is 1. The summed E-state index contributed by atoms with van der Waals surface area (Å²) in [6, 6.07) is 1.63. The quantitative estimate of drug-likeness (QED) is 0.790. The second-order valence-corrected chi connectivity index (χ2v) is 4.39. The van der Waals surface area contributed by atoms with Crippen molar-refractivity contribution in [2.24, 2.45) is 0 Å². The number of fused-ring (bicyclic) bond motifs is 1. The predicted octanol–water partition coefficient (Wildman–Crippen LogP) is 2.01. The van der Waals surface area contributed by atoms with Crippen molar-refractivity contribution in [1.82, 2.24) is 4.98 Å². The topological polar surface area (TPSA) is 95.0 Å². The highest BCUT2D eigenvalue weighted by Crippen LogP contribution is 2.37. The number of alkyl halides is 3. The van der Waals surface area contributed by atoms with Crippen molar-refractivity contribution in [3.8, 4) is 11.5 Å². The number of ether oxygens (including phenoxy) is 3. The number of carbonyl (C=O) groups excluding carboxylic acids is 1. The van der Waals surface area contributed by atoms with Crippen molar-refractivity contribution in [3.63, 3.8) is 0 Å². The fraction of sp³-hybridized carbons (Fsp3) is 0.417. The van der Waals surface area contributed by atoms with Gasteiger partial charge in [-0.1, -0.05) is 0 Å². The molecule has 2 heterocycles. The Morgan fingerprint density at radius 3 is 2.36 bits per heavy atom. The lowest BCUT2D eigenvalue weighted by Gasteiger charge is -2.31. The van der Waals surface area contributed by atoms with E-state index in [1.807, 2.05) is 0 Å². The average molecular weight is 323 g/mol. The molecule has 0 unspecified atom stereocenters. The Labute approximate surface area is 122 Å². The van der Waals surface area contributed by atoms with Gasteiger partial charge in [-0.2, -0.15) is 13.2 Å². The molecule has 0 aliphatic carbocycles. The monoisotopic (exact) mass is 323 g/mol. The van der Waals surface area contributed by atoms with E-state index in [0.29, 0.717) is 11.5 Å². The predicted molar refractivity (Wildman–Crippen MR) is 64.6 cm³/mol. The molecule has 1 aromatic heterocycles. The highest BCUT2D eigenvalue weighted by Gasteiger charge is 2.38. The van der Waals surface area contributed by atoms with E-state index in [2.05, 4.69) is 4.98 Å². The number of hydrogen-bond acceptors (Lipinski definition) is 6. The maximum absolute atomic E-state index is 11.5. The van der Waals surface area contributed by atoms with E-state index in [4.69, 9.17) is 24.1 Å². The first-order valence-electron chi connectivity index (χ1n) is 5.73. The van der Waals surface area contributed by atoms with Crippen LogP contribution in [0, 0.1) is 0 Å². The van der Waals surface area contributed by atoms with Gasteiger partial charge in [0.2, 0.25) is 5.79 Å². The van der Waals surface area contributed by atoms with Crippen LogP contribution in [-0.2, 0) is 9.53 Å². The molecule has 0 radical (unpaired) electrons. The first-order valence-corrected chi connectivity index (χ1v) is 5.73. The molecule has 0 atom stereocenters. The van der Waals surface area contributed by atoms with Crippen LogP contribution in [0.5, 0.6) is 11.5 Å². The SMILES string of the molecule is COc1ccnc2c1OC(C)(C)OC2=O.O=C(O)C(F)(F)F. The fourth-order valence-electron chi connectivity index (χ4n) is 1.37. The molecule has 0 bridgehead atoms. The van der Waals surface area contributed by atoms with Crippen LogP contribution >= 0.6 is 0 Å². The summed E-state index contributed by atoms with van der Waals surface area (Å²) in [5.41, 5.74) is 0.147. The first-order chi connectivity index (χ1) is 9.98. The van der Waals surface area contributed by atoms with Crippen LogP contribution < -0.4 is 9.47 Å². The number of methoxy groups -OCH3 is 1. The van der Waals surface area contributed by atoms with Crippen LogP contribution in [0.4, 0.5) is 13.2 Å². The zero-order valence-corrected chi connectivity index (χ0v) is 11.7. The summed E-state index contributed by atoms with van der Waals surface area (Å²) in [5.74, 6) is -3.43. The van der Waals surface area contributed by atoms with Gasteiger partial charge in [-0.15, -0.1) is 0 Å². The molecule has 1 aliphatic rings. The van der Waals surface area contributed by atoms with Crippen LogP contribution in [0.15, 0.2) is 12.3 Å². The zero-order valence-electron chi connectivity index (χ0n) is 11.7. The molecule has 2 rings (SSSR count). The Morgan fingerprint density at radius 2 is 1.91 bits per heavy atom. The summed E-state index contributed by atoms with van der Waals surface area (Å²) >= 11 is 0. The molecular weight excluding hydrogens is 311 g/mol. The highest BCUT2D eigenvalue weighted by molar-refractivity contribution is 5.92. The third kappa shape index (κ3) is 4.24. The molecule has 0 saturated carbocycles. The smallest absolute Gasteiger partial charge is 0.490 e. The van der Waals surface area contributed by atoms with E-state index < -0.39 is 23.9 Å². The third-order valence-electron chi connectivity index (χ3n) is 2.21. The van der Waals surface area contributed by atoms with Gasteiger partial charge < -0.3 is 19.3 Å². The fourth-order valence-corrected chi connectivity index (χ4v) is 1.37. The zero-order chi connectivity index (χ0) is 17.1. The van der Waals surface area contributed by atoms with E-state index in [9.17, 15) is 18.0 Å². The molecule has 1 N–H and O–H groups in total. The van der Waals surface area contributed by atoms with E-state index in [0.717, 1.165) is 0 Å². The van der Waals surface area contributed by atoms with Gasteiger partial charge in [0, 0.05) is 26.1 Å². The highest BCUT2D eigenvalue weighted by atomic mass is 19.4. The molecule has 10 heteroatoms. The van der Waals surface area contributed by atoms with Crippen molar-refractivity contribution in [1.29, 1.82) is 0 Å². The Hall–Kier alpha value is -2.52. The molecular formula is C12H12F3NO6. The van der Waals surface area contributed by atoms with Gasteiger partial charge in [-0.25, -0.2) is 14.6 Å². The molecule has 7 nitrogen and oxygen atoms in total. The van der Waals surface area contributed by atoms with Crippen LogP contribution in [0.2, 0.25) is 0 Å². The molecule has 0 fully saturated rings. The van der Waals surface area contributed by atoms with Gasteiger partial charge in [0.05, 0.1) is 7.11 Å². The molecule has 0 spiro atoms. The van der Waals surface area contributed by atoms with Crippen molar-refractivity contribution in [3.05, 3.63) is 18.0 Å². The number of carboxylic acids is 1. The van der Waals surface area contributed by atoms with Gasteiger partial charge in [0.25, 0.3) is 0 Å². The molecule has 0 saturated heterocycles. The van der Waals surface area contributed by atoms with Crippen LogP contribution in [0.25, 0.3) is 0 Å².